The molecule has 1 aromatic heterocycles. The molecule has 0 amide bonds. The van der Waals surface area contributed by atoms with Gasteiger partial charge in [0.2, 0.25) is 0 Å². The molecular weight excluding hydrogens is 487 g/mol. The predicted octanol–water partition coefficient (Wildman–Crippen LogP) is 5.49. The van der Waals surface area contributed by atoms with Gasteiger partial charge in [0, 0.05) is 17.8 Å². The Morgan fingerprint density at radius 3 is 2.24 bits per heavy atom. The number of ether oxygens (including phenoxy) is 3. The Morgan fingerprint density at radius 2 is 1.65 bits per heavy atom. The number of fused-ring (bicyclic) bond motifs is 1. The fourth-order valence-corrected chi connectivity index (χ4v) is 8.00. The van der Waals surface area contributed by atoms with Crippen molar-refractivity contribution in [3.05, 3.63) is 35.4 Å². The van der Waals surface area contributed by atoms with Gasteiger partial charge in [-0.3, -0.25) is 4.57 Å². The van der Waals surface area contributed by atoms with E-state index in [-0.39, 0.29) is 17.8 Å². The van der Waals surface area contributed by atoms with Gasteiger partial charge in [0.15, 0.2) is 17.7 Å². The lowest BCUT2D eigenvalue weighted by Crippen LogP contribution is -2.50. The van der Waals surface area contributed by atoms with Gasteiger partial charge >= 0.3 is 12.1 Å². The number of rotatable bonds is 6. The molecule has 2 unspecified atom stereocenters. The molecule has 2 atom stereocenters. The summed E-state index contributed by atoms with van der Waals surface area (Å²) in [6.45, 7) is 0. The van der Waals surface area contributed by atoms with Gasteiger partial charge in [0.1, 0.15) is 11.6 Å². The van der Waals surface area contributed by atoms with Crippen LogP contribution in [0.1, 0.15) is 80.7 Å². The van der Waals surface area contributed by atoms with E-state index in [4.69, 9.17) is 14.2 Å². The van der Waals surface area contributed by atoms with Crippen LogP contribution in [0.25, 0.3) is 0 Å². The Labute approximate surface area is 213 Å². The topological polar surface area (TPSA) is 75.5 Å². The van der Waals surface area contributed by atoms with Crippen molar-refractivity contribution in [2.24, 2.45) is 17.8 Å². The number of hydrogen-bond donors (Lipinski definition) is 0. The Bertz CT molecular complexity index is 1160. The molecule has 4 fully saturated rings. The first-order valence-corrected chi connectivity index (χ1v) is 13.1. The second-order valence-electron chi connectivity index (χ2n) is 11.5. The number of methoxy groups -OCH3 is 2. The van der Waals surface area contributed by atoms with Crippen LogP contribution in [0.2, 0.25) is 0 Å². The summed E-state index contributed by atoms with van der Waals surface area (Å²) < 4.78 is 57.2. The third-order valence-electron chi connectivity index (χ3n) is 9.05. The van der Waals surface area contributed by atoms with E-state index in [2.05, 4.69) is 10.2 Å². The van der Waals surface area contributed by atoms with Crippen molar-refractivity contribution in [1.82, 2.24) is 14.8 Å². The minimum absolute atomic E-state index is 0.0749. The normalized spacial score (nSPS) is 32.2. The molecule has 7 nitrogen and oxygen atoms in total. The van der Waals surface area contributed by atoms with Crippen LogP contribution in [0.3, 0.4) is 0 Å². The van der Waals surface area contributed by atoms with Crippen molar-refractivity contribution in [2.75, 3.05) is 14.2 Å². The number of carbonyl (C=O) groups excluding carboxylic acids is 1. The molecule has 0 saturated heterocycles. The summed E-state index contributed by atoms with van der Waals surface area (Å²) in [6.07, 6.45) is 1.96. The fourth-order valence-electron chi connectivity index (χ4n) is 8.00. The molecule has 0 N–H and O–H groups in total. The number of aromatic nitrogens is 3. The van der Waals surface area contributed by atoms with Crippen LogP contribution >= 0.6 is 0 Å². The lowest BCUT2D eigenvalue weighted by Gasteiger charge is -2.56. The molecular formula is C27H32F3N3O4. The highest BCUT2D eigenvalue weighted by atomic mass is 19.4. The van der Waals surface area contributed by atoms with Crippen molar-refractivity contribution in [3.8, 4) is 11.5 Å². The fraction of sp³-hybridized carbons (Fsp3) is 0.667. The largest absolute Gasteiger partial charge is 0.493 e. The Balaban J connectivity index is 1.36. The molecule has 37 heavy (non-hydrogen) atoms. The van der Waals surface area contributed by atoms with Crippen LogP contribution in [-0.4, -0.2) is 41.1 Å². The van der Waals surface area contributed by atoms with E-state index in [0.29, 0.717) is 47.9 Å². The van der Waals surface area contributed by atoms with Crippen LogP contribution in [0.4, 0.5) is 13.2 Å². The average Bonchev–Trinajstić information content (AvgIpc) is 3.31. The lowest BCUT2D eigenvalue weighted by atomic mass is 9.49. The molecule has 0 spiro atoms. The summed E-state index contributed by atoms with van der Waals surface area (Å²) >= 11 is 0. The first-order chi connectivity index (χ1) is 17.7. The number of esters is 1. The molecule has 0 radical (unpaired) electrons. The molecule has 5 aliphatic rings. The van der Waals surface area contributed by atoms with Gasteiger partial charge in [0.05, 0.1) is 14.2 Å². The summed E-state index contributed by atoms with van der Waals surface area (Å²) in [5.74, 6) is 2.21. The van der Waals surface area contributed by atoms with E-state index in [0.717, 1.165) is 30.7 Å². The summed E-state index contributed by atoms with van der Waals surface area (Å²) in [6, 6.07) is 5.71. The molecule has 4 aliphatic carbocycles. The molecule has 1 aromatic carbocycles. The minimum Gasteiger partial charge on any atom is -0.493 e. The molecule has 2 heterocycles. The van der Waals surface area contributed by atoms with Crippen LogP contribution in [-0.2, 0) is 21.4 Å². The van der Waals surface area contributed by atoms with E-state index >= 15 is 0 Å². The van der Waals surface area contributed by atoms with Gasteiger partial charge in [-0.15, -0.1) is 10.2 Å². The molecule has 2 aromatic rings. The van der Waals surface area contributed by atoms with E-state index in [1.54, 1.807) is 18.8 Å². The summed E-state index contributed by atoms with van der Waals surface area (Å²) in [5.41, 5.74) is 0.799. The second-order valence-corrected chi connectivity index (χ2v) is 11.5. The Morgan fingerprint density at radius 1 is 1.00 bits per heavy atom. The van der Waals surface area contributed by atoms with Crippen LogP contribution < -0.4 is 9.47 Å². The monoisotopic (exact) mass is 519 g/mol. The Hall–Kier alpha value is -2.78. The third kappa shape index (κ3) is 4.26. The van der Waals surface area contributed by atoms with E-state index in [1.165, 1.54) is 19.3 Å². The number of hydrogen-bond acceptors (Lipinski definition) is 6. The number of benzene rings is 1. The first kappa shape index (κ1) is 24.6. The minimum atomic E-state index is -5.05. The third-order valence-corrected chi connectivity index (χ3v) is 9.05. The predicted molar refractivity (Wildman–Crippen MR) is 126 cm³/mol. The van der Waals surface area contributed by atoms with E-state index in [1.807, 2.05) is 18.2 Å². The van der Waals surface area contributed by atoms with Crippen molar-refractivity contribution in [2.45, 2.75) is 81.5 Å². The molecule has 10 heteroatoms. The zero-order valence-corrected chi connectivity index (χ0v) is 21.1. The van der Waals surface area contributed by atoms with Crippen molar-refractivity contribution >= 4 is 5.97 Å². The second kappa shape index (κ2) is 8.91. The van der Waals surface area contributed by atoms with Crippen molar-refractivity contribution in [1.29, 1.82) is 0 Å². The highest BCUT2D eigenvalue weighted by Crippen LogP contribution is 2.61. The lowest BCUT2D eigenvalue weighted by molar-refractivity contribution is -0.210. The number of nitrogens with zero attached hydrogens (tertiary/aromatic N) is 3. The van der Waals surface area contributed by atoms with Crippen molar-refractivity contribution < 1.29 is 32.2 Å². The molecule has 1 aliphatic heterocycles. The van der Waals surface area contributed by atoms with E-state index in [9.17, 15) is 18.0 Å². The van der Waals surface area contributed by atoms with Crippen LogP contribution in [0, 0.1) is 17.8 Å². The van der Waals surface area contributed by atoms with Gasteiger partial charge in [-0.05, 0) is 86.8 Å². The van der Waals surface area contributed by atoms with Crippen LogP contribution in [0.15, 0.2) is 18.2 Å². The van der Waals surface area contributed by atoms with Gasteiger partial charge < -0.3 is 14.2 Å². The Kier molecular flexibility index (Phi) is 5.91. The molecule has 200 valence electrons. The van der Waals surface area contributed by atoms with Crippen molar-refractivity contribution in [3.63, 3.8) is 0 Å². The number of halogens is 3. The summed E-state index contributed by atoms with van der Waals surface area (Å²) in [4.78, 5) is 11.9. The maximum Gasteiger partial charge on any atom is 0.491 e. The number of alkyl halides is 3. The zero-order chi connectivity index (χ0) is 25.9. The van der Waals surface area contributed by atoms with Gasteiger partial charge in [0.25, 0.3) is 0 Å². The van der Waals surface area contributed by atoms with Gasteiger partial charge in [-0.2, -0.15) is 13.2 Å². The highest BCUT2D eigenvalue weighted by Gasteiger charge is 2.55. The molecule has 4 saturated carbocycles. The van der Waals surface area contributed by atoms with Gasteiger partial charge in [-0.1, -0.05) is 6.07 Å². The summed E-state index contributed by atoms with van der Waals surface area (Å²) in [5, 5.41) is 9.23. The molecule has 4 bridgehead atoms. The quantitative estimate of drug-likeness (QED) is 0.470. The summed E-state index contributed by atoms with van der Waals surface area (Å²) in [7, 11) is 3.16. The first-order valence-electron chi connectivity index (χ1n) is 13.1. The average molecular weight is 520 g/mol. The zero-order valence-electron chi connectivity index (χ0n) is 21.1. The van der Waals surface area contributed by atoms with Crippen LogP contribution in [0.5, 0.6) is 11.5 Å². The van der Waals surface area contributed by atoms with Gasteiger partial charge in [-0.25, -0.2) is 4.79 Å². The molecule has 7 rings (SSSR count). The number of carbonyl (C=O) groups is 1. The smallest absolute Gasteiger partial charge is 0.491 e. The highest BCUT2D eigenvalue weighted by molar-refractivity contribution is 5.75. The standard InChI is InChI=1S/C27H32F3N3O4/c1-35-20-5-3-15(11-21(20)36-2)10-19-4-6-22(37-25(34)27(28,29)30)33-23(19)31-32-24(33)26-12-16-7-17(13-26)9-18(8-16)14-26/h3,5,11,16-19,22H,4,6-10,12-14H2,1-2H3. The maximum atomic E-state index is 13.2. The maximum absolute atomic E-state index is 13.2. The van der Waals surface area contributed by atoms with E-state index < -0.39 is 18.4 Å². The SMILES string of the molecule is COc1ccc(CC2CCC(OC(=O)C(F)(F)F)n3c2nnc3C23CC4CC(CC(C4)C2)C3)cc1OC.